The van der Waals surface area contributed by atoms with E-state index in [2.05, 4.69) is 5.32 Å². The highest BCUT2D eigenvalue weighted by atomic mass is 32.1. The van der Waals surface area contributed by atoms with Crippen LogP contribution in [-0.2, 0) is 9.59 Å². The molecule has 1 aliphatic rings. The Hall–Kier alpha value is -3.58. The van der Waals surface area contributed by atoms with Crippen LogP contribution in [0.1, 0.15) is 5.76 Å². The van der Waals surface area contributed by atoms with Gasteiger partial charge in [-0.2, -0.15) is 0 Å². The SMILES string of the molecule is O=C1NC(=S)N(c2ccccc2)C(=O)C1=Cc1ccc(-c2cccc(F)c2)o1. The summed E-state index contributed by atoms with van der Waals surface area (Å²) >= 11 is 5.15. The van der Waals surface area contributed by atoms with Crippen LogP contribution < -0.4 is 10.2 Å². The maximum atomic E-state index is 13.4. The highest BCUT2D eigenvalue weighted by Gasteiger charge is 2.34. The van der Waals surface area contributed by atoms with Crippen molar-refractivity contribution in [3.8, 4) is 11.3 Å². The lowest BCUT2D eigenvalue weighted by atomic mass is 10.1. The topological polar surface area (TPSA) is 62.6 Å². The first kappa shape index (κ1) is 17.8. The van der Waals surface area contributed by atoms with Crippen molar-refractivity contribution in [3.63, 3.8) is 0 Å². The first-order valence-corrected chi connectivity index (χ1v) is 8.76. The fourth-order valence-electron chi connectivity index (χ4n) is 2.84. The summed E-state index contributed by atoms with van der Waals surface area (Å²) in [5, 5.41) is 2.52. The van der Waals surface area contributed by atoms with Crippen LogP contribution in [0, 0.1) is 5.82 Å². The number of benzene rings is 2. The maximum absolute atomic E-state index is 13.4. The zero-order valence-corrected chi connectivity index (χ0v) is 15.2. The summed E-state index contributed by atoms with van der Waals surface area (Å²) in [5.74, 6) is -0.832. The summed E-state index contributed by atoms with van der Waals surface area (Å²) in [4.78, 5) is 26.5. The lowest BCUT2D eigenvalue weighted by Crippen LogP contribution is -2.54. The van der Waals surface area contributed by atoms with Crippen molar-refractivity contribution in [2.24, 2.45) is 0 Å². The molecule has 1 fully saturated rings. The number of nitrogens with zero attached hydrogens (tertiary/aromatic N) is 1. The summed E-state index contributed by atoms with van der Waals surface area (Å²) < 4.78 is 19.1. The van der Waals surface area contributed by atoms with Crippen LogP contribution in [0.25, 0.3) is 17.4 Å². The van der Waals surface area contributed by atoms with Crippen molar-refractivity contribution in [1.29, 1.82) is 0 Å². The fraction of sp³-hybridized carbons (Fsp3) is 0. The average molecular weight is 392 g/mol. The zero-order chi connectivity index (χ0) is 19.7. The van der Waals surface area contributed by atoms with Crippen LogP contribution in [0.15, 0.2) is 76.7 Å². The van der Waals surface area contributed by atoms with E-state index in [0.29, 0.717) is 22.8 Å². The van der Waals surface area contributed by atoms with Crippen LogP contribution in [0.2, 0.25) is 0 Å². The molecule has 138 valence electrons. The first-order valence-electron chi connectivity index (χ1n) is 8.35. The molecule has 0 atom stereocenters. The normalized spacial score (nSPS) is 15.8. The van der Waals surface area contributed by atoms with E-state index in [-0.39, 0.29) is 16.5 Å². The van der Waals surface area contributed by atoms with Crippen molar-refractivity contribution in [3.05, 3.63) is 83.9 Å². The second-order valence-electron chi connectivity index (χ2n) is 6.01. The Morgan fingerprint density at radius 1 is 1.00 bits per heavy atom. The summed E-state index contributed by atoms with van der Waals surface area (Å²) in [7, 11) is 0. The Kier molecular flexibility index (Phi) is 4.58. The largest absolute Gasteiger partial charge is 0.457 e. The molecule has 4 rings (SSSR count). The first-order chi connectivity index (χ1) is 13.5. The van der Waals surface area contributed by atoms with E-state index in [1.165, 1.54) is 23.1 Å². The van der Waals surface area contributed by atoms with Crippen molar-refractivity contribution < 1.29 is 18.4 Å². The van der Waals surface area contributed by atoms with E-state index in [1.54, 1.807) is 48.5 Å². The van der Waals surface area contributed by atoms with Gasteiger partial charge < -0.3 is 4.42 Å². The summed E-state index contributed by atoms with van der Waals surface area (Å²) in [6.45, 7) is 0. The monoisotopic (exact) mass is 392 g/mol. The third kappa shape index (κ3) is 3.35. The predicted octanol–water partition coefficient (Wildman–Crippen LogP) is 3.92. The molecule has 0 spiro atoms. The third-order valence-corrected chi connectivity index (χ3v) is 4.42. The van der Waals surface area contributed by atoms with E-state index >= 15 is 0 Å². The molecular formula is C21H13FN2O3S. The van der Waals surface area contributed by atoms with Crippen molar-refractivity contribution in [2.75, 3.05) is 4.90 Å². The van der Waals surface area contributed by atoms with Gasteiger partial charge in [-0.1, -0.05) is 30.3 Å². The number of carbonyl (C=O) groups is 2. The van der Waals surface area contributed by atoms with Crippen LogP contribution in [0.4, 0.5) is 10.1 Å². The highest BCUT2D eigenvalue weighted by molar-refractivity contribution is 7.80. The van der Waals surface area contributed by atoms with E-state index in [0.717, 1.165) is 0 Å². The van der Waals surface area contributed by atoms with Gasteiger partial charge >= 0.3 is 0 Å². The van der Waals surface area contributed by atoms with Gasteiger partial charge in [-0.3, -0.25) is 19.8 Å². The fourth-order valence-corrected chi connectivity index (χ4v) is 3.12. The molecule has 0 aliphatic carbocycles. The van der Waals surface area contributed by atoms with Gasteiger partial charge in [0.1, 0.15) is 22.9 Å². The minimum absolute atomic E-state index is 0.0123. The molecule has 0 saturated carbocycles. The number of para-hydroxylation sites is 1. The minimum atomic E-state index is -0.606. The summed E-state index contributed by atoms with van der Waals surface area (Å²) in [5.41, 5.74) is 0.983. The molecule has 2 amide bonds. The average Bonchev–Trinajstić information content (AvgIpc) is 3.15. The summed E-state index contributed by atoms with van der Waals surface area (Å²) in [6.07, 6.45) is 1.35. The van der Waals surface area contributed by atoms with Crippen LogP contribution >= 0.6 is 12.2 Å². The van der Waals surface area contributed by atoms with Gasteiger partial charge in [0.15, 0.2) is 5.11 Å². The second-order valence-corrected chi connectivity index (χ2v) is 6.39. The molecular weight excluding hydrogens is 379 g/mol. The lowest BCUT2D eigenvalue weighted by Gasteiger charge is -2.28. The number of nitrogens with one attached hydrogen (secondary N) is 1. The molecule has 0 unspecified atom stereocenters. The van der Waals surface area contributed by atoms with E-state index in [4.69, 9.17) is 16.6 Å². The van der Waals surface area contributed by atoms with Gasteiger partial charge in [0.2, 0.25) is 0 Å². The molecule has 2 heterocycles. The molecule has 0 bridgehead atoms. The molecule has 2 aromatic carbocycles. The number of hydrogen-bond acceptors (Lipinski definition) is 4. The van der Waals surface area contributed by atoms with Crippen LogP contribution in [0.3, 0.4) is 0 Å². The quantitative estimate of drug-likeness (QED) is 0.417. The highest BCUT2D eigenvalue weighted by Crippen LogP contribution is 2.26. The summed E-state index contributed by atoms with van der Waals surface area (Å²) in [6, 6.07) is 18.0. The standard InChI is InChI=1S/C21H13FN2O3S/c22-14-6-4-5-13(11-14)18-10-9-16(27-18)12-17-19(25)23-21(28)24(20(17)26)15-7-2-1-3-8-15/h1-12H,(H,23,25,28). The maximum Gasteiger partial charge on any atom is 0.270 e. The number of halogens is 1. The van der Waals surface area contributed by atoms with Crippen molar-refractivity contribution in [2.45, 2.75) is 0 Å². The smallest absolute Gasteiger partial charge is 0.270 e. The Morgan fingerprint density at radius 3 is 2.54 bits per heavy atom. The van der Waals surface area contributed by atoms with E-state index in [1.807, 2.05) is 6.07 Å². The van der Waals surface area contributed by atoms with Gasteiger partial charge in [0.25, 0.3) is 11.8 Å². The molecule has 7 heteroatoms. The lowest BCUT2D eigenvalue weighted by molar-refractivity contribution is -0.122. The molecule has 1 aliphatic heterocycles. The number of amides is 2. The molecule has 3 aromatic rings. The van der Waals surface area contributed by atoms with E-state index in [9.17, 15) is 14.0 Å². The number of anilines is 1. The minimum Gasteiger partial charge on any atom is -0.457 e. The molecule has 28 heavy (non-hydrogen) atoms. The molecule has 1 N–H and O–H groups in total. The Balaban J connectivity index is 1.68. The van der Waals surface area contributed by atoms with Gasteiger partial charge in [-0.25, -0.2) is 4.39 Å². The number of furan rings is 1. The number of thiocarbonyl (C=S) groups is 1. The molecule has 5 nitrogen and oxygen atoms in total. The van der Waals surface area contributed by atoms with Gasteiger partial charge in [0.05, 0.1) is 5.69 Å². The second kappa shape index (κ2) is 7.21. The number of carbonyl (C=O) groups excluding carboxylic acids is 2. The molecule has 1 saturated heterocycles. The third-order valence-electron chi connectivity index (χ3n) is 4.14. The zero-order valence-electron chi connectivity index (χ0n) is 14.4. The predicted molar refractivity (Wildman–Crippen MR) is 107 cm³/mol. The van der Waals surface area contributed by atoms with Gasteiger partial charge in [0, 0.05) is 5.56 Å². The molecule has 0 radical (unpaired) electrons. The number of rotatable bonds is 3. The van der Waals surface area contributed by atoms with E-state index < -0.39 is 11.8 Å². The van der Waals surface area contributed by atoms with Crippen molar-refractivity contribution >= 4 is 40.9 Å². The van der Waals surface area contributed by atoms with Gasteiger partial charge in [-0.05, 0) is 54.7 Å². The van der Waals surface area contributed by atoms with Crippen LogP contribution in [0.5, 0.6) is 0 Å². The Labute approximate surface area is 165 Å². The van der Waals surface area contributed by atoms with Crippen molar-refractivity contribution in [1.82, 2.24) is 5.32 Å². The molecule has 1 aromatic heterocycles. The van der Waals surface area contributed by atoms with Gasteiger partial charge in [-0.15, -0.1) is 0 Å². The Morgan fingerprint density at radius 2 is 1.79 bits per heavy atom. The number of hydrogen-bond donors (Lipinski definition) is 1. The van der Waals surface area contributed by atoms with Crippen LogP contribution in [-0.4, -0.2) is 16.9 Å². The Bertz CT molecular complexity index is 1120.